The SMILES string of the molecule is CS(=O)(=O)CC(=O)c1ccc(Br)cn1.O=C(O)c1ccc(Br)cn1. The maximum atomic E-state index is 11.3. The van der Waals surface area contributed by atoms with E-state index in [0.717, 1.165) is 15.2 Å². The van der Waals surface area contributed by atoms with Gasteiger partial charge >= 0.3 is 5.97 Å². The maximum absolute atomic E-state index is 11.3. The minimum atomic E-state index is -3.28. The van der Waals surface area contributed by atoms with Crippen LogP contribution in [0.3, 0.4) is 0 Å². The zero-order chi connectivity index (χ0) is 18.3. The van der Waals surface area contributed by atoms with Crippen molar-refractivity contribution in [3.05, 3.63) is 57.0 Å². The molecule has 0 aliphatic heterocycles. The summed E-state index contributed by atoms with van der Waals surface area (Å²) < 4.78 is 23.2. The number of hydrogen-bond acceptors (Lipinski definition) is 6. The predicted octanol–water partition coefficient (Wildman–Crippen LogP) is 2.61. The van der Waals surface area contributed by atoms with E-state index in [1.165, 1.54) is 24.5 Å². The van der Waals surface area contributed by atoms with Crippen LogP contribution in [0.1, 0.15) is 21.0 Å². The molecule has 0 fully saturated rings. The quantitative estimate of drug-likeness (QED) is 0.670. The van der Waals surface area contributed by atoms with Gasteiger partial charge in [-0.2, -0.15) is 0 Å². The number of aromatic nitrogens is 2. The van der Waals surface area contributed by atoms with Gasteiger partial charge in [-0.3, -0.25) is 9.78 Å². The molecule has 0 aromatic carbocycles. The minimum absolute atomic E-state index is 0.0585. The number of carboxylic acids is 1. The van der Waals surface area contributed by atoms with E-state index in [9.17, 15) is 18.0 Å². The van der Waals surface area contributed by atoms with Crippen molar-refractivity contribution in [1.82, 2.24) is 9.97 Å². The summed E-state index contributed by atoms with van der Waals surface area (Å²) in [6.07, 6.45) is 3.92. The van der Waals surface area contributed by atoms with E-state index < -0.39 is 27.3 Å². The number of pyridine rings is 2. The minimum Gasteiger partial charge on any atom is -0.477 e. The molecule has 2 aromatic rings. The molecular formula is C14H12Br2N2O5S. The molecule has 10 heteroatoms. The maximum Gasteiger partial charge on any atom is 0.354 e. The van der Waals surface area contributed by atoms with Crippen LogP contribution in [-0.4, -0.2) is 47.3 Å². The van der Waals surface area contributed by atoms with Crippen LogP contribution < -0.4 is 0 Å². The Bertz CT molecular complexity index is 821. The van der Waals surface area contributed by atoms with Gasteiger partial charge in [-0.1, -0.05) is 0 Å². The fraction of sp³-hybridized carbons (Fsp3) is 0.143. The van der Waals surface area contributed by atoms with Crippen LogP contribution in [0, 0.1) is 0 Å². The zero-order valence-corrected chi connectivity index (χ0v) is 16.3. The lowest BCUT2D eigenvalue weighted by Gasteiger charge is -1.98. The third-order valence-electron chi connectivity index (χ3n) is 2.35. The molecule has 7 nitrogen and oxygen atoms in total. The van der Waals surface area contributed by atoms with Crippen molar-refractivity contribution in [2.24, 2.45) is 0 Å². The van der Waals surface area contributed by atoms with Gasteiger partial charge in [0.25, 0.3) is 0 Å². The molecule has 0 bridgehead atoms. The third-order valence-corrected chi connectivity index (χ3v) is 4.08. The molecule has 0 unspecified atom stereocenters. The molecule has 0 atom stereocenters. The van der Waals surface area contributed by atoms with E-state index >= 15 is 0 Å². The van der Waals surface area contributed by atoms with Crippen molar-refractivity contribution in [3.8, 4) is 0 Å². The van der Waals surface area contributed by atoms with Crippen molar-refractivity contribution in [3.63, 3.8) is 0 Å². The molecule has 24 heavy (non-hydrogen) atoms. The number of Topliss-reactive ketones (excluding diaryl/α,β-unsaturated/α-hetero) is 1. The number of sulfone groups is 1. The summed E-state index contributed by atoms with van der Waals surface area (Å²) in [5.41, 5.74) is 0.224. The second-order valence-electron chi connectivity index (χ2n) is 4.52. The largest absolute Gasteiger partial charge is 0.477 e. The normalized spacial score (nSPS) is 10.5. The molecule has 2 aromatic heterocycles. The van der Waals surface area contributed by atoms with E-state index in [0.29, 0.717) is 0 Å². The van der Waals surface area contributed by atoms with E-state index in [4.69, 9.17) is 5.11 Å². The summed E-state index contributed by atoms with van der Waals surface area (Å²) in [5, 5.41) is 8.40. The van der Waals surface area contributed by atoms with E-state index in [1.807, 2.05) is 0 Å². The van der Waals surface area contributed by atoms with Crippen molar-refractivity contribution in [1.29, 1.82) is 0 Å². The van der Waals surface area contributed by atoms with Crippen molar-refractivity contribution < 1.29 is 23.1 Å². The smallest absolute Gasteiger partial charge is 0.354 e. The Kier molecular flexibility index (Phi) is 7.64. The van der Waals surface area contributed by atoms with Gasteiger partial charge in [0, 0.05) is 27.6 Å². The van der Waals surface area contributed by atoms with E-state index in [1.54, 1.807) is 12.1 Å². The van der Waals surface area contributed by atoms with E-state index in [-0.39, 0.29) is 11.4 Å². The number of rotatable bonds is 4. The molecule has 0 aliphatic rings. The average Bonchev–Trinajstić information content (AvgIpc) is 2.47. The molecule has 0 amide bonds. The Morgan fingerprint density at radius 2 is 1.46 bits per heavy atom. The molecule has 0 saturated carbocycles. The summed E-state index contributed by atoms with van der Waals surface area (Å²) in [7, 11) is -3.28. The first-order valence-corrected chi connectivity index (χ1v) is 9.90. The van der Waals surface area contributed by atoms with Gasteiger partial charge in [-0.25, -0.2) is 18.2 Å². The molecule has 0 saturated heterocycles. The van der Waals surface area contributed by atoms with Gasteiger partial charge in [0.2, 0.25) is 0 Å². The Balaban J connectivity index is 0.000000254. The number of carbonyl (C=O) groups is 2. The van der Waals surface area contributed by atoms with Crippen LogP contribution in [0.5, 0.6) is 0 Å². The second-order valence-corrected chi connectivity index (χ2v) is 8.49. The lowest BCUT2D eigenvalue weighted by molar-refractivity contribution is 0.0690. The van der Waals surface area contributed by atoms with E-state index in [2.05, 4.69) is 41.8 Å². The van der Waals surface area contributed by atoms with Crippen LogP contribution in [0.2, 0.25) is 0 Å². The number of aromatic carboxylic acids is 1. The number of halogens is 2. The van der Waals surface area contributed by atoms with Gasteiger partial charge < -0.3 is 5.11 Å². The van der Waals surface area contributed by atoms with Crippen LogP contribution in [0.25, 0.3) is 0 Å². The Labute approximate surface area is 155 Å². The Morgan fingerprint density at radius 3 is 1.79 bits per heavy atom. The molecule has 0 radical (unpaired) electrons. The number of nitrogens with zero attached hydrogens (tertiary/aromatic N) is 2. The second kappa shape index (κ2) is 9.00. The average molecular weight is 480 g/mol. The van der Waals surface area contributed by atoms with Crippen molar-refractivity contribution >= 4 is 53.4 Å². The number of ketones is 1. The topological polar surface area (TPSA) is 114 Å². The Morgan fingerprint density at radius 1 is 1.00 bits per heavy atom. The summed E-state index contributed by atoms with van der Waals surface area (Å²) in [4.78, 5) is 29.0. The fourth-order valence-corrected chi connectivity index (χ4v) is 2.45. The predicted molar refractivity (Wildman–Crippen MR) is 94.9 cm³/mol. The molecule has 0 aliphatic carbocycles. The lowest BCUT2D eigenvalue weighted by atomic mass is 10.3. The highest BCUT2D eigenvalue weighted by molar-refractivity contribution is 9.10. The molecule has 0 spiro atoms. The van der Waals surface area contributed by atoms with Crippen LogP contribution >= 0.6 is 31.9 Å². The van der Waals surface area contributed by atoms with Crippen molar-refractivity contribution in [2.45, 2.75) is 0 Å². The fourth-order valence-electron chi connectivity index (χ4n) is 1.36. The monoisotopic (exact) mass is 478 g/mol. The number of carbonyl (C=O) groups excluding carboxylic acids is 1. The highest BCUT2D eigenvalue weighted by Crippen LogP contribution is 2.08. The lowest BCUT2D eigenvalue weighted by Crippen LogP contribution is -2.15. The number of hydrogen-bond donors (Lipinski definition) is 1. The molecule has 1 N–H and O–H groups in total. The first-order chi connectivity index (χ1) is 11.1. The van der Waals surface area contributed by atoms with Gasteiger partial charge in [0.1, 0.15) is 17.1 Å². The van der Waals surface area contributed by atoms with Gasteiger partial charge in [0.05, 0.1) is 0 Å². The van der Waals surface area contributed by atoms with Gasteiger partial charge in [-0.05, 0) is 56.1 Å². The summed E-state index contributed by atoms with van der Waals surface area (Å²) >= 11 is 6.30. The molecule has 2 heterocycles. The van der Waals surface area contributed by atoms with Crippen molar-refractivity contribution in [2.75, 3.05) is 12.0 Å². The number of carboxylic acid groups (broad SMARTS) is 1. The highest BCUT2D eigenvalue weighted by atomic mass is 79.9. The summed E-state index contributed by atoms with van der Waals surface area (Å²) in [6.45, 7) is 0. The molecule has 2 rings (SSSR count). The molecule has 128 valence electrons. The standard InChI is InChI=1S/C8H8BrNO3S.C6H4BrNO2/c1-14(12,13)5-8(11)7-3-2-6(9)4-10-7;7-4-1-2-5(6(9)10)8-3-4/h2-4H,5H2,1H3;1-3H,(H,9,10). The Hall–Kier alpha value is -1.65. The van der Waals surface area contributed by atoms with Crippen LogP contribution in [-0.2, 0) is 9.84 Å². The zero-order valence-electron chi connectivity index (χ0n) is 12.3. The first kappa shape index (κ1) is 20.4. The van der Waals surface area contributed by atoms with Crippen LogP contribution in [0.4, 0.5) is 0 Å². The third kappa shape index (κ3) is 7.75. The summed E-state index contributed by atoms with van der Waals surface area (Å²) in [6, 6.07) is 6.20. The summed E-state index contributed by atoms with van der Waals surface area (Å²) in [5.74, 6) is -1.99. The first-order valence-electron chi connectivity index (χ1n) is 6.26. The van der Waals surface area contributed by atoms with Gasteiger partial charge in [0.15, 0.2) is 15.6 Å². The van der Waals surface area contributed by atoms with Gasteiger partial charge in [-0.15, -0.1) is 0 Å². The van der Waals surface area contributed by atoms with Crippen LogP contribution in [0.15, 0.2) is 45.6 Å². The highest BCUT2D eigenvalue weighted by Gasteiger charge is 2.13. The molecular weight excluding hydrogens is 468 g/mol.